The molecule has 17 heavy (non-hydrogen) atoms. The third-order valence-corrected chi connectivity index (χ3v) is 2.82. The molecule has 0 saturated heterocycles. The molecule has 1 aromatic heterocycles. The van der Waals surface area contributed by atoms with Gasteiger partial charge in [0.15, 0.2) is 0 Å². The lowest BCUT2D eigenvalue weighted by Gasteiger charge is -2.29. The Kier molecular flexibility index (Phi) is 4.17. The van der Waals surface area contributed by atoms with Crippen LogP contribution in [0.1, 0.15) is 26.0 Å². The summed E-state index contributed by atoms with van der Waals surface area (Å²) in [5, 5.41) is 10.4. The predicted octanol–water partition coefficient (Wildman–Crippen LogP) is 1.63. The number of aliphatic hydroxyl groups is 1. The van der Waals surface area contributed by atoms with Gasteiger partial charge in [0, 0.05) is 0 Å². The lowest BCUT2D eigenvalue weighted by atomic mass is 9.84. The van der Waals surface area contributed by atoms with Crippen molar-refractivity contribution in [1.29, 1.82) is 0 Å². The van der Waals surface area contributed by atoms with E-state index in [1.54, 1.807) is 6.92 Å². The topological polar surface area (TPSA) is 59.4 Å². The van der Waals surface area contributed by atoms with Gasteiger partial charge in [-0.05, 0) is 25.5 Å². The highest BCUT2D eigenvalue weighted by molar-refractivity contribution is 5.73. The van der Waals surface area contributed by atoms with Gasteiger partial charge in [-0.3, -0.25) is 9.78 Å². The van der Waals surface area contributed by atoms with Gasteiger partial charge in [-0.15, -0.1) is 0 Å². The molecule has 0 aliphatic rings. The maximum absolute atomic E-state index is 12.7. The van der Waals surface area contributed by atoms with E-state index in [2.05, 4.69) is 9.72 Å². The van der Waals surface area contributed by atoms with Crippen molar-refractivity contribution >= 4 is 5.97 Å². The highest BCUT2D eigenvalue weighted by Gasteiger charge is 2.39. The smallest absolute Gasteiger partial charge is 0.311 e. The number of hydrogen-bond acceptors (Lipinski definition) is 4. The van der Waals surface area contributed by atoms with Crippen LogP contribution in [0, 0.1) is 11.7 Å². The Hall–Kier alpha value is -1.49. The highest BCUT2D eigenvalue weighted by atomic mass is 19.1. The third-order valence-electron chi connectivity index (χ3n) is 2.82. The summed E-state index contributed by atoms with van der Waals surface area (Å²) in [5.41, 5.74) is -1.23. The molecular formula is C12H16FNO3. The van der Waals surface area contributed by atoms with Crippen LogP contribution >= 0.6 is 0 Å². The zero-order valence-electron chi connectivity index (χ0n) is 10.1. The van der Waals surface area contributed by atoms with Crippen LogP contribution < -0.4 is 0 Å². The average Bonchev–Trinajstić information content (AvgIpc) is 2.29. The number of hydrogen-bond donors (Lipinski definition) is 1. The number of ether oxygens (including phenoxy) is 1. The van der Waals surface area contributed by atoms with Crippen molar-refractivity contribution in [3.63, 3.8) is 0 Å². The first-order valence-corrected chi connectivity index (χ1v) is 5.35. The number of methoxy groups -OCH3 is 1. The number of rotatable bonds is 4. The minimum atomic E-state index is -1.48. The summed E-state index contributed by atoms with van der Waals surface area (Å²) in [6.45, 7) is 3.23. The van der Waals surface area contributed by atoms with Crippen LogP contribution in [0.5, 0.6) is 0 Å². The maximum atomic E-state index is 12.7. The van der Waals surface area contributed by atoms with E-state index >= 15 is 0 Å². The van der Waals surface area contributed by atoms with Crippen molar-refractivity contribution in [2.45, 2.75) is 25.9 Å². The number of esters is 1. The Balaban J connectivity index is 3.07. The lowest BCUT2D eigenvalue weighted by molar-refractivity contribution is -0.156. The summed E-state index contributed by atoms with van der Waals surface area (Å²) in [6, 6.07) is 2.56. The van der Waals surface area contributed by atoms with E-state index in [0.717, 1.165) is 6.20 Å². The second kappa shape index (κ2) is 5.23. The first-order valence-electron chi connectivity index (χ1n) is 5.35. The van der Waals surface area contributed by atoms with Crippen molar-refractivity contribution in [3.8, 4) is 0 Å². The molecule has 0 aliphatic carbocycles. The molecule has 1 heterocycles. The minimum absolute atomic E-state index is 0.246. The zero-order valence-corrected chi connectivity index (χ0v) is 10.1. The fourth-order valence-corrected chi connectivity index (χ4v) is 1.79. The molecule has 0 fully saturated rings. The monoisotopic (exact) mass is 241 g/mol. The van der Waals surface area contributed by atoms with Gasteiger partial charge in [-0.2, -0.15) is 0 Å². The minimum Gasteiger partial charge on any atom is -0.469 e. The molecule has 94 valence electrons. The first kappa shape index (κ1) is 13.6. The molecule has 0 saturated carbocycles. The van der Waals surface area contributed by atoms with Gasteiger partial charge in [0.05, 0.1) is 24.9 Å². The van der Waals surface area contributed by atoms with E-state index in [0.29, 0.717) is 6.42 Å². The first-order chi connectivity index (χ1) is 7.93. The van der Waals surface area contributed by atoms with Gasteiger partial charge < -0.3 is 9.84 Å². The molecule has 0 radical (unpaired) electrons. The van der Waals surface area contributed by atoms with Crippen molar-refractivity contribution in [1.82, 2.24) is 4.98 Å². The molecule has 2 unspecified atom stereocenters. The average molecular weight is 241 g/mol. The Bertz CT molecular complexity index is 389. The Morgan fingerprint density at radius 1 is 1.65 bits per heavy atom. The summed E-state index contributed by atoms with van der Waals surface area (Å²) < 4.78 is 17.4. The molecule has 0 aliphatic heterocycles. The van der Waals surface area contributed by atoms with E-state index in [4.69, 9.17) is 0 Å². The van der Waals surface area contributed by atoms with Crippen LogP contribution in [0.25, 0.3) is 0 Å². The van der Waals surface area contributed by atoms with Gasteiger partial charge >= 0.3 is 5.97 Å². The predicted molar refractivity (Wildman–Crippen MR) is 59.6 cm³/mol. The zero-order chi connectivity index (χ0) is 13.1. The lowest BCUT2D eigenvalue weighted by Crippen LogP contribution is -2.38. The van der Waals surface area contributed by atoms with Crippen molar-refractivity contribution in [3.05, 3.63) is 29.8 Å². The molecule has 1 aromatic rings. The van der Waals surface area contributed by atoms with Crippen LogP contribution in [0.15, 0.2) is 18.3 Å². The number of aromatic nitrogens is 1. The Labute approximate surface area is 99.4 Å². The van der Waals surface area contributed by atoms with Crippen LogP contribution in [0.3, 0.4) is 0 Å². The molecule has 1 N–H and O–H groups in total. The number of pyridine rings is 1. The third kappa shape index (κ3) is 2.79. The van der Waals surface area contributed by atoms with E-state index < -0.39 is 23.3 Å². The van der Waals surface area contributed by atoms with Crippen LogP contribution in [0.2, 0.25) is 0 Å². The summed E-state index contributed by atoms with van der Waals surface area (Å²) in [5.74, 6) is -1.73. The summed E-state index contributed by atoms with van der Waals surface area (Å²) >= 11 is 0. The van der Waals surface area contributed by atoms with Crippen LogP contribution in [-0.2, 0) is 15.1 Å². The largest absolute Gasteiger partial charge is 0.469 e. The Morgan fingerprint density at radius 2 is 2.29 bits per heavy atom. The van der Waals surface area contributed by atoms with Gasteiger partial charge in [0.25, 0.3) is 0 Å². The molecule has 5 heteroatoms. The quantitative estimate of drug-likeness (QED) is 0.814. The SMILES string of the molecule is CCC(C(=O)OC)C(C)(O)c1ccc(F)cn1. The van der Waals surface area contributed by atoms with E-state index in [-0.39, 0.29) is 5.69 Å². The molecule has 0 aromatic carbocycles. The van der Waals surface area contributed by atoms with E-state index in [9.17, 15) is 14.3 Å². The highest BCUT2D eigenvalue weighted by Crippen LogP contribution is 2.31. The fourth-order valence-electron chi connectivity index (χ4n) is 1.79. The van der Waals surface area contributed by atoms with Gasteiger partial charge in [-0.1, -0.05) is 6.92 Å². The van der Waals surface area contributed by atoms with Gasteiger partial charge in [0.2, 0.25) is 0 Å². The second-order valence-corrected chi connectivity index (χ2v) is 3.99. The summed E-state index contributed by atoms with van der Waals surface area (Å²) in [4.78, 5) is 15.3. The molecule has 2 atom stereocenters. The van der Waals surface area contributed by atoms with E-state index in [1.807, 2.05) is 0 Å². The molecule has 0 amide bonds. The summed E-state index contributed by atoms with van der Waals surface area (Å²) in [6.07, 6.45) is 1.41. The second-order valence-electron chi connectivity index (χ2n) is 3.99. The van der Waals surface area contributed by atoms with Gasteiger partial charge in [-0.25, -0.2) is 4.39 Å². The number of carbonyl (C=O) groups excluding carboxylic acids is 1. The van der Waals surface area contributed by atoms with Crippen LogP contribution in [-0.4, -0.2) is 23.2 Å². The molecule has 1 rings (SSSR count). The molecular weight excluding hydrogens is 225 g/mol. The number of carbonyl (C=O) groups is 1. The molecule has 0 spiro atoms. The standard InChI is InChI=1S/C12H16FNO3/c1-4-9(11(15)17-3)12(2,16)10-6-5-8(13)7-14-10/h5-7,9,16H,4H2,1-3H3. The Morgan fingerprint density at radius 3 is 2.71 bits per heavy atom. The number of nitrogens with zero attached hydrogens (tertiary/aromatic N) is 1. The van der Waals surface area contributed by atoms with Crippen molar-refractivity contribution in [2.75, 3.05) is 7.11 Å². The van der Waals surface area contributed by atoms with E-state index in [1.165, 1.54) is 26.2 Å². The van der Waals surface area contributed by atoms with Crippen molar-refractivity contribution < 1.29 is 19.0 Å². The summed E-state index contributed by atoms with van der Waals surface area (Å²) in [7, 11) is 1.26. The molecule has 4 nitrogen and oxygen atoms in total. The van der Waals surface area contributed by atoms with Gasteiger partial charge in [0.1, 0.15) is 11.4 Å². The van der Waals surface area contributed by atoms with Crippen molar-refractivity contribution in [2.24, 2.45) is 5.92 Å². The fraction of sp³-hybridized carbons (Fsp3) is 0.500. The number of halogens is 1. The maximum Gasteiger partial charge on any atom is 0.311 e. The van der Waals surface area contributed by atoms with Crippen LogP contribution in [0.4, 0.5) is 4.39 Å². The molecule has 0 bridgehead atoms. The normalized spacial score (nSPS) is 16.1.